The number of nitrogens with zero attached hydrogens (tertiary/aromatic N) is 1. The lowest BCUT2D eigenvalue weighted by molar-refractivity contribution is -0.127. The number of rotatable bonds is 5. The van der Waals surface area contributed by atoms with Crippen molar-refractivity contribution in [1.82, 2.24) is 4.90 Å². The molecule has 33 heavy (non-hydrogen) atoms. The highest BCUT2D eigenvalue weighted by atomic mass is 35.5. The van der Waals surface area contributed by atoms with Gasteiger partial charge in [0.1, 0.15) is 11.3 Å². The first-order valence-electron chi connectivity index (χ1n) is 11.4. The van der Waals surface area contributed by atoms with Gasteiger partial charge in [-0.25, -0.2) is 0 Å². The van der Waals surface area contributed by atoms with Crippen LogP contribution in [0.15, 0.2) is 41.0 Å². The molecular weight excluding hydrogens is 457 g/mol. The number of carbonyl (C=O) groups excluding carboxylic acids is 1. The summed E-state index contributed by atoms with van der Waals surface area (Å²) in [6.07, 6.45) is 5.54. The molecule has 2 aromatic carbocycles. The highest BCUT2D eigenvalue weighted by Gasteiger charge is 2.22. The summed E-state index contributed by atoms with van der Waals surface area (Å²) in [4.78, 5) is 14.9. The highest BCUT2D eigenvalue weighted by molar-refractivity contribution is 6.36. The molecule has 4 nitrogen and oxygen atoms in total. The molecule has 1 aliphatic rings. The van der Waals surface area contributed by atoms with Crippen molar-refractivity contribution in [3.05, 3.63) is 57.8 Å². The number of amides is 1. The maximum Gasteiger partial charge on any atom is 0.246 e. The number of fused-ring (bicyclic) bond motifs is 1. The monoisotopic (exact) mass is 485 g/mol. The maximum absolute atomic E-state index is 13.0. The lowest BCUT2D eigenvalue weighted by Crippen LogP contribution is -2.36. The van der Waals surface area contributed by atoms with Crippen LogP contribution >= 0.6 is 23.2 Å². The van der Waals surface area contributed by atoms with Gasteiger partial charge in [-0.05, 0) is 63.3 Å². The summed E-state index contributed by atoms with van der Waals surface area (Å²) in [5.41, 5.74) is 5.10. The number of allylic oxidation sites excluding steroid dienone is 1. The van der Waals surface area contributed by atoms with E-state index in [1.54, 1.807) is 18.4 Å². The van der Waals surface area contributed by atoms with Gasteiger partial charge in [-0.3, -0.25) is 4.79 Å². The van der Waals surface area contributed by atoms with Gasteiger partial charge in [-0.15, -0.1) is 0 Å². The van der Waals surface area contributed by atoms with E-state index in [0.29, 0.717) is 22.6 Å². The van der Waals surface area contributed by atoms with Crippen LogP contribution in [-0.4, -0.2) is 30.5 Å². The van der Waals surface area contributed by atoms with Gasteiger partial charge in [0.15, 0.2) is 0 Å². The molecule has 2 heterocycles. The zero-order valence-corrected chi connectivity index (χ0v) is 21.0. The van der Waals surface area contributed by atoms with Crippen LogP contribution in [0.1, 0.15) is 44.7 Å². The fourth-order valence-corrected chi connectivity index (χ4v) is 4.95. The lowest BCUT2D eigenvalue weighted by Gasteiger charge is -2.29. The van der Waals surface area contributed by atoms with Crippen LogP contribution in [0.4, 0.5) is 0 Å². The third-order valence-electron chi connectivity index (χ3n) is 6.41. The largest absolute Gasteiger partial charge is 0.493 e. The summed E-state index contributed by atoms with van der Waals surface area (Å²) in [7, 11) is 0. The van der Waals surface area contributed by atoms with Crippen molar-refractivity contribution >= 4 is 45.7 Å². The predicted molar refractivity (Wildman–Crippen MR) is 136 cm³/mol. The Balaban J connectivity index is 1.80. The first-order valence-corrected chi connectivity index (χ1v) is 12.2. The lowest BCUT2D eigenvalue weighted by atomic mass is 9.96. The van der Waals surface area contributed by atoms with Gasteiger partial charge >= 0.3 is 0 Å². The van der Waals surface area contributed by atoms with Crippen LogP contribution in [-0.2, 0) is 4.79 Å². The Bertz CT molecular complexity index is 1220. The topological polar surface area (TPSA) is 42.7 Å². The van der Waals surface area contributed by atoms with Crippen molar-refractivity contribution in [2.75, 3.05) is 19.7 Å². The molecule has 0 N–H and O–H groups in total. The van der Waals surface area contributed by atoms with E-state index in [1.165, 1.54) is 0 Å². The number of hydrogen-bond donors (Lipinski definition) is 0. The third kappa shape index (κ3) is 4.78. The van der Waals surface area contributed by atoms with Gasteiger partial charge in [0, 0.05) is 51.8 Å². The molecule has 0 aliphatic carbocycles. The fourth-order valence-electron chi connectivity index (χ4n) is 4.44. The number of ether oxygens (including phenoxy) is 1. The molecule has 0 bridgehead atoms. The normalized spacial score (nSPS) is 15.3. The first kappa shape index (κ1) is 23.7. The third-order valence-corrected chi connectivity index (χ3v) is 6.96. The van der Waals surface area contributed by atoms with Gasteiger partial charge < -0.3 is 14.1 Å². The molecule has 1 aliphatic heterocycles. The Morgan fingerprint density at radius 2 is 1.94 bits per heavy atom. The first-order chi connectivity index (χ1) is 15.8. The smallest absolute Gasteiger partial charge is 0.246 e. The zero-order chi connectivity index (χ0) is 23.7. The van der Waals surface area contributed by atoms with Gasteiger partial charge in [0.05, 0.1) is 17.9 Å². The Morgan fingerprint density at radius 1 is 1.21 bits per heavy atom. The number of halogens is 2. The number of hydrogen-bond acceptors (Lipinski definition) is 3. The molecular formula is C27H29Cl2NO3. The minimum Gasteiger partial charge on any atom is -0.493 e. The van der Waals surface area contributed by atoms with Crippen molar-refractivity contribution in [2.24, 2.45) is 5.92 Å². The molecule has 3 aromatic rings. The molecule has 6 heteroatoms. The van der Waals surface area contributed by atoms with Crippen LogP contribution in [0.5, 0.6) is 5.75 Å². The van der Waals surface area contributed by atoms with Gasteiger partial charge in [-0.2, -0.15) is 0 Å². The predicted octanol–water partition coefficient (Wildman–Crippen LogP) is 7.78. The summed E-state index contributed by atoms with van der Waals surface area (Å²) >= 11 is 12.6. The van der Waals surface area contributed by atoms with E-state index in [9.17, 15) is 4.79 Å². The molecule has 174 valence electrons. The average molecular weight is 486 g/mol. The van der Waals surface area contributed by atoms with Gasteiger partial charge in [0.25, 0.3) is 0 Å². The number of likely N-dealkylation sites (tertiary alicyclic amines) is 1. The summed E-state index contributed by atoms with van der Waals surface area (Å²) in [5, 5.41) is 2.05. The molecule has 1 amide bonds. The van der Waals surface area contributed by atoms with Gasteiger partial charge in [-0.1, -0.05) is 36.2 Å². The highest BCUT2D eigenvalue weighted by Crippen LogP contribution is 2.42. The molecule has 0 atom stereocenters. The van der Waals surface area contributed by atoms with E-state index in [2.05, 4.69) is 6.92 Å². The molecule has 0 spiro atoms. The van der Waals surface area contributed by atoms with Crippen molar-refractivity contribution in [1.29, 1.82) is 0 Å². The zero-order valence-electron chi connectivity index (χ0n) is 19.5. The second kappa shape index (κ2) is 9.82. The van der Waals surface area contributed by atoms with E-state index in [1.807, 2.05) is 43.9 Å². The Kier molecular flexibility index (Phi) is 7.06. The minimum absolute atomic E-state index is 0.0489. The molecule has 0 unspecified atom stereocenters. The Morgan fingerprint density at radius 3 is 2.61 bits per heavy atom. The molecule has 4 rings (SSSR count). The SMILES string of the molecule is CCOc1c(/C(C)=C/C(=O)N2CCC(C)CC2)cc2c(-c3ccc(Cl)cc3Cl)coc2c1C. The van der Waals surface area contributed by atoms with Crippen molar-refractivity contribution in [3.8, 4) is 16.9 Å². The van der Waals surface area contributed by atoms with Crippen LogP contribution in [0.25, 0.3) is 27.7 Å². The standard InChI is InChI=1S/C27H29Cl2NO3/c1-5-32-26-18(4)27-22(23(15-33-27)20-7-6-19(28)13-24(20)29)14-21(26)17(3)12-25(31)30-10-8-16(2)9-11-30/h6-7,12-16H,5,8-11H2,1-4H3/b17-12+. The van der Waals surface area contributed by atoms with Gasteiger partial charge in [0.2, 0.25) is 5.91 Å². The molecule has 0 saturated carbocycles. The van der Waals surface area contributed by atoms with Crippen molar-refractivity contribution in [2.45, 2.75) is 40.5 Å². The molecule has 0 radical (unpaired) electrons. The van der Waals surface area contributed by atoms with E-state index in [-0.39, 0.29) is 5.91 Å². The summed E-state index contributed by atoms with van der Waals surface area (Å²) in [6, 6.07) is 7.47. The second-order valence-corrected chi connectivity index (χ2v) is 9.64. The number of furan rings is 1. The average Bonchev–Trinajstić information content (AvgIpc) is 3.20. The van der Waals surface area contributed by atoms with Crippen molar-refractivity contribution in [3.63, 3.8) is 0 Å². The van der Waals surface area contributed by atoms with E-state index >= 15 is 0 Å². The van der Waals surface area contributed by atoms with E-state index < -0.39 is 0 Å². The number of aryl methyl sites for hydroxylation is 1. The molecule has 1 saturated heterocycles. The number of carbonyl (C=O) groups is 1. The van der Waals surface area contributed by atoms with Crippen LogP contribution in [0.3, 0.4) is 0 Å². The Labute approximate surface area is 205 Å². The summed E-state index contributed by atoms with van der Waals surface area (Å²) < 4.78 is 12.0. The molecule has 1 fully saturated rings. The quantitative estimate of drug-likeness (QED) is 0.346. The fraction of sp³-hybridized carbons (Fsp3) is 0.370. The maximum atomic E-state index is 13.0. The van der Waals surface area contributed by atoms with E-state index in [0.717, 1.165) is 70.5 Å². The second-order valence-electron chi connectivity index (χ2n) is 8.80. The van der Waals surface area contributed by atoms with Crippen molar-refractivity contribution < 1.29 is 13.9 Å². The minimum atomic E-state index is 0.0489. The number of piperidine rings is 1. The number of benzene rings is 2. The van der Waals surface area contributed by atoms with Crippen LogP contribution in [0, 0.1) is 12.8 Å². The molecule has 1 aromatic heterocycles. The van der Waals surface area contributed by atoms with E-state index in [4.69, 9.17) is 32.4 Å². The summed E-state index contributed by atoms with van der Waals surface area (Å²) in [5.74, 6) is 1.46. The van der Waals surface area contributed by atoms with Crippen LogP contribution < -0.4 is 4.74 Å². The summed E-state index contributed by atoms with van der Waals surface area (Å²) in [6.45, 7) is 10.3. The van der Waals surface area contributed by atoms with Crippen LogP contribution in [0.2, 0.25) is 10.0 Å². The Hall–Kier alpha value is -2.43.